The molecule has 1 aliphatic heterocycles. The van der Waals surface area contributed by atoms with E-state index in [2.05, 4.69) is 5.32 Å². The molecule has 1 saturated heterocycles. The van der Waals surface area contributed by atoms with Gasteiger partial charge in [-0.1, -0.05) is 11.6 Å². The lowest BCUT2D eigenvalue weighted by Gasteiger charge is -2.33. The first-order valence-corrected chi connectivity index (χ1v) is 10.2. The largest absolute Gasteiger partial charge is 0.493 e. The van der Waals surface area contributed by atoms with Crippen LogP contribution in [-0.2, 0) is 14.3 Å². The molecule has 1 heterocycles. The Morgan fingerprint density at radius 1 is 1.13 bits per heavy atom. The van der Waals surface area contributed by atoms with Crippen molar-refractivity contribution in [3.05, 3.63) is 28.8 Å². The molecule has 0 aliphatic carbocycles. The minimum atomic E-state index is -0.0791. The van der Waals surface area contributed by atoms with Gasteiger partial charge in [-0.05, 0) is 30.2 Å². The van der Waals surface area contributed by atoms with Gasteiger partial charge in [0.25, 0.3) is 0 Å². The minimum absolute atomic E-state index is 0.00360. The highest BCUT2D eigenvalue weighted by molar-refractivity contribution is 6.32. The lowest BCUT2D eigenvalue weighted by molar-refractivity contribution is -0.128. The standard InChI is InChI=1S/C21H30ClN3O5/c1-28-12-4-7-23-19(26)15-24-8-10-25(11-9-24)20(27)6-5-16-13-17(22)21(30-3)18(14-16)29-2/h5-6,13-14H,4,7-12,15H2,1-3H3,(H,23,26)/b6-5+. The Kier molecular flexibility index (Phi) is 9.93. The second-order valence-electron chi connectivity index (χ2n) is 6.87. The molecule has 2 rings (SSSR count). The van der Waals surface area contributed by atoms with E-state index in [9.17, 15) is 9.59 Å². The van der Waals surface area contributed by atoms with E-state index in [0.717, 1.165) is 12.0 Å². The highest BCUT2D eigenvalue weighted by Crippen LogP contribution is 2.36. The van der Waals surface area contributed by atoms with Gasteiger partial charge in [-0.2, -0.15) is 0 Å². The topological polar surface area (TPSA) is 80.3 Å². The van der Waals surface area contributed by atoms with Gasteiger partial charge in [0, 0.05) is 52.5 Å². The molecule has 1 aromatic carbocycles. The number of ether oxygens (including phenoxy) is 3. The summed E-state index contributed by atoms with van der Waals surface area (Å²) in [5, 5.41) is 3.29. The molecule has 0 spiro atoms. The first kappa shape index (κ1) is 24.0. The van der Waals surface area contributed by atoms with Crippen molar-refractivity contribution >= 4 is 29.5 Å². The molecule has 0 atom stereocenters. The molecular weight excluding hydrogens is 410 g/mol. The van der Waals surface area contributed by atoms with E-state index >= 15 is 0 Å². The quantitative estimate of drug-likeness (QED) is 0.441. The van der Waals surface area contributed by atoms with Gasteiger partial charge in [-0.25, -0.2) is 0 Å². The van der Waals surface area contributed by atoms with Crippen molar-refractivity contribution in [3.63, 3.8) is 0 Å². The van der Waals surface area contributed by atoms with Crippen molar-refractivity contribution in [2.45, 2.75) is 6.42 Å². The second-order valence-corrected chi connectivity index (χ2v) is 7.28. The SMILES string of the molecule is COCCCNC(=O)CN1CCN(C(=O)/C=C/c2cc(Cl)c(OC)c(OC)c2)CC1. The van der Waals surface area contributed by atoms with Gasteiger partial charge in [-0.3, -0.25) is 14.5 Å². The van der Waals surface area contributed by atoms with Gasteiger partial charge >= 0.3 is 0 Å². The van der Waals surface area contributed by atoms with Gasteiger partial charge < -0.3 is 24.4 Å². The molecule has 0 aromatic heterocycles. The highest BCUT2D eigenvalue weighted by atomic mass is 35.5. The smallest absolute Gasteiger partial charge is 0.246 e. The molecule has 0 saturated carbocycles. The third-order valence-electron chi connectivity index (χ3n) is 4.77. The van der Waals surface area contributed by atoms with Gasteiger partial charge in [0.15, 0.2) is 11.5 Å². The van der Waals surface area contributed by atoms with Crippen LogP contribution in [-0.4, -0.2) is 88.8 Å². The Bertz CT molecular complexity index is 748. The summed E-state index contributed by atoms with van der Waals surface area (Å²) in [4.78, 5) is 28.3. The van der Waals surface area contributed by atoms with Crippen molar-refractivity contribution in [3.8, 4) is 11.5 Å². The summed E-state index contributed by atoms with van der Waals surface area (Å²) in [5.41, 5.74) is 0.745. The van der Waals surface area contributed by atoms with Crippen molar-refractivity contribution in [2.24, 2.45) is 0 Å². The first-order chi connectivity index (χ1) is 14.5. The third-order valence-corrected chi connectivity index (χ3v) is 5.05. The van der Waals surface area contributed by atoms with E-state index in [1.54, 1.807) is 30.2 Å². The monoisotopic (exact) mass is 439 g/mol. The number of methoxy groups -OCH3 is 3. The maximum atomic E-state index is 12.5. The fourth-order valence-electron chi connectivity index (χ4n) is 3.14. The van der Waals surface area contributed by atoms with Crippen LogP contribution < -0.4 is 14.8 Å². The number of nitrogens with zero attached hydrogens (tertiary/aromatic N) is 2. The molecule has 0 unspecified atom stereocenters. The van der Waals surface area contributed by atoms with Gasteiger partial charge in [0.05, 0.1) is 25.8 Å². The van der Waals surface area contributed by atoms with Crippen LogP contribution in [0.2, 0.25) is 5.02 Å². The molecular formula is C21H30ClN3O5. The third kappa shape index (κ3) is 7.19. The summed E-state index contributed by atoms with van der Waals surface area (Å²) in [6, 6.07) is 3.48. The van der Waals surface area contributed by atoms with Gasteiger partial charge in [-0.15, -0.1) is 0 Å². The summed E-state index contributed by atoms with van der Waals surface area (Å²) in [6.45, 7) is 4.05. The maximum absolute atomic E-state index is 12.5. The van der Waals surface area contributed by atoms with E-state index in [1.165, 1.54) is 20.3 Å². The van der Waals surface area contributed by atoms with Crippen LogP contribution in [0.5, 0.6) is 11.5 Å². The number of halogens is 1. The van der Waals surface area contributed by atoms with Gasteiger partial charge in [0.2, 0.25) is 11.8 Å². The molecule has 1 fully saturated rings. The molecule has 1 aliphatic rings. The fourth-order valence-corrected chi connectivity index (χ4v) is 3.43. The van der Waals surface area contributed by atoms with Crippen molar-refractivity contribution in [2.75, 3.05) is 67.2 Å². The molecule has 8 nitrogen and oxygen atoms in total. The average molecular weight is 440 g/mol. The molecule has 9 heteroatoms. The number of nitrogens with one attached hydrogen (secondary N) is 1. The molecule has 166 valence electrons. The summed E-state index contributed by atoms with van der Waals surface area (Å²) >= 11 is 6.20. The Hall–Kier alpha value is -2.29. The zero-order chi connectivity index (χ0) is 21.9. The second kappa shape index (κ2) is 12.4. The summed E-state index contributed by atoms with van der Waals surface area (Å²) in [5.74, 6) is 0.883. The van der Waals surface area contributed by atoms with E-state index in [-0.39, 0.29) is 11.8 Å². The number of amides is 2. The van der Waals surface area contributed by atoms with Crippen molar-refractivity contribution in [1.82, 2.24) is 15.1 Å². The van der Waals surface area contributed by atoms with E-state index < -0.39 is 0 Å². The molecule has 2 amide bonds. The number of rotatable bonds is 10. The molecule has 1 aromatic rings. The first-order valence-electron chi connectivity index (χ1n) is 9.85. The van der Waals surface area contributed by atoms with E-state index in [4.69, 9.17) is 25.8 Å². The highest BCUT2D eigenvalue weighted by Gasteiger charge is 2.21. The molecule has 0 bridgehead atoms. The van der Waals surface area contributed by atoms with Crippen LogP contribution in [0, 0.1) is 0 Å². The van der Waals surface area contributed by atoms with Crippen molar-refractivity contribution in [1.29, 1.82) is 0 Å². The Labute approximate surface area is 182 Å². The number of piperazine rings is 1. The van der Waals surface area contributed by atoms with E-state index in [1.807, 2.05) is 4.90 Å². The molecule has 1 N–H and O–H groups in total. The normalized spacial score (nSPS) is 14.7. The fraction of sp³-hybridized carbons (Fsp3) is 0.524. The van der Waals surface area contributed by atoms with Gasteiger partial charge in [0.1, 0.15) is 0 Å². The summed E-state index contributed by atoms with van der Waals surface area (Å²) in [6.07, 6.45) is 4.02. The lowest BCUT2D eigenvalue weighted by Crippen LogP contribution is -2.50. The summed E-state index contributed by atoms with van der Waals surface area (Å²) < 4.78 is 15.5. The summed E-state index contributed by atoms with van der Waals surface area (Å²) in [7, 11) is 4.69. The molecule has 0 radical (unpaired) electrons. The lowest BCUT2D eigenvalue weighted by atomic mass is 10.1. The van der Waals surface area contributed by atoms with Crippen LogP contribution in [0.3, 0.4) is 0 Å². The number of benzene rings is 1. The average Bonchev–Trinajstić information content (AvgIpc) is 2.75. The Morgan fingerprint density at radius 2 is 1.87 bits per heavy atom. The number of hydrogen-bond acceptors (Lipinski definition) is 6. The van der Waals surface area contributed by atoms with Crippen LogP contribution >= 0.6 is 11.6 Å². The molecule has 30 heavy (non-hydrogen) atoms. The Balaban J connectivity index is 1.81. The zero-order valence-electron chi connectivity index (χ0n) is 17.8. The van der Waals surface area contributed by atoms with Crippen molar-refractivity contribution < 1.29 is 23.8 Å². The predicted molar refractivity (Wildman–Crippen MR) is 116 cm³/mol. The van der Waals surface area contributed by atoms with Crippen LogP contribution in [0.1, 0.15) is 12.0 Å². The minimum Gasteiger partial charge on any atom is -0.493 e. The van der Waals surface area contributed by atoms with Crippen LogP contribution in [0.25, 0.3) is 6.08 Å². The zero-order valence-corrected chi connectivity index (χ0v) is 18.5. The number of carbonyl (C=O) groups is 2. The number of carbonyl (C=O) groups excluding carboxylic acids is 2. The maximum Gasteiger partial charge on any atom is 0.246 e. The Morgan fingerprint density at radius 3 is 2.50 bits per heavy atom. The van der Waals surface area contributed by atoms with E-state index in [0.29, 0.717) is 62.4 Å². The number of hydrogen-bond donors (Lipinski definition) is 1. The van der Waals surface area contributed by atoms with Crippen LogP contribution in [0.4, 0.5) is 0 Å². The van der Waals surface area contributed by atoms with Crippen LogP contribution in [0.15, 0.2) is 18.2 Å². The predicted octanol–water partition coefficient (Wildman–Crippen LogP) is 1.67.